The summed E-state index contributed by atoms with van der Waals surface area (Å²) in [5.41, 5.74) is 3.14. The van der Waals surface area contributed by atoms with E-state index in [1.165, 1.54) is 11.3 Å². The van der Waals surface area contributed by atoms with E-state index in [0.717, 1.165) is 26.2 Å². The molecule has 8 heteroatoms. The number of fused-ring (bicyclic) bond motifs is 1. The number of rotatable bonds is 6. The number of anilines is 1. The average Bonchev–Trinajstić information content (AvgIpc) is 3.17. The van der Waals surface area contributed by atoms with Crippen molar-refractivity contribution in [3.63, 3.8) is 0 Å². The molecule has 144 valence electrons. The van der Waals surface area contributed by atoms with E-state index in [0.29, 0.717) is 18.2 Å². The highest BCUT2D eigenvalue weighted by Gasteiger charge is 2.32. The molecule has 1 saturated heterocycles. The van der Waals surface area contributed by atoms with Crippen molar-refractivity contribution in [1.29, 1.82) is 0 Å². The molecule has 0 aliphatic carbocycles. The van der Waals surface area contributed by atoms with E-state index in [-0.39, 0.29) is 37.1 Å². The summed E-state index contributed by atoms with van der Waals surface area (Å²) < 4.78 is 1.02. The number of imide groups is 1. The van der Waals surface area contributed by atoms with Crippen molar-refractivity contribution in [2.75, 3.05) is 38.6 Å². The second-order valence-electron chi connectivity index (χ2n) is 7.07. The Balaban J connectivity index is 1.91. The van der Waals surface area contributed by atoms with Gasteiger partial charge in [-0.05, 0) is 45.1 Å². The lowest BCUT2D eigenvalue weighted by Crippen LogP contribution is -2.44. The molecule has 7 nitrogen and oxygen atoms in total. The van der Waals surface area contributed by atoms with E-state index in [4.69, 9.17) is 4.98 Å². The fourth-order valence-electron chi connectivity index (χ4n) is 2.98. The molecule has 0 spiro atoms. The normalized spacial score (nSPS) is 14.6. The Morgan fingerprint density at radius 1 is 1.15 bits per heavy atom. The number of aromatic nitrogens is 1. The molecule has 0 saturated carbocycles. The number of nitrogens with zero attached hydrogens (tertiary/aromatic N) is 4. The molecule has 1 aliphatic rings. The van der Waals surface area contributed by atoms with Gasteiger partial charge in [-0.3, -0.25) is 24.2 Å². The molecule has 1 aromatic carbocycles. The first kappa shape index (κ1) is 19.4. The van der Waals surface area contributed by atoms with Crippen molar-refractivity contribution < 1.29 is 14.4 Å². The zero-order chi connectivity index (χ0) is 19.7. The molecular weight excluding hydrogens is 364 g/mol. The van der Waals surface area contributed by atoms with Crippen molar-refractivity contribution in [2.24, 2.45) is 0 Å². The summed E-state index contributed by atoms with van der Waals surface area (Å²) in [5.74, 6) is -0.845. The highest BCUT2D eigenvalue weighted by atomic mass is 32.1. The van der Waals surface area contributed by atoms with Gasteiger partial charge in [-0.15, -0.1) is 0 Å². The van der Waals surface area contributed by atoms with Crippen LogP contribution in [0.15, 0.2) is 12.1 Å². The van der Waals surface area contributed by atoms with Crippen LogP contribution in [0.2, 0.25) is 0 Å². The minimum Gasteiger partial charge on any atom is -0.308 e. The molecule has 1 aromatic heterocycles. The van der Waals surface area contributed by atoms with Gasteiger partial charge in [0.1, 0.15) is 6.54 Å². The van der Waals surface area contributed by atoms with Crippen LogP contribution in [0, 0.1) is 13.8 Å². The van der Waals surface area contributed by atoms with E-state index >= 15 is 0 Å². The van der Waals surface area contributed by atoms with Gasteiger partial charge in [-0.25, -0.2) is 4.98 Å². The second-order valence-corrected chi connectivity index (χ2v) is 8.08. The first-order chi connectivity index (χ1) is 12.8. The molecule has 27 heavy (non-hydrogen) atoms. The molecule has 1 aliphatic heterocycles. The SMILES string of the molecule is Cc1ccc2sc(N(CCN(C)C)C(=O)CN3C(=O)CCC3=O)nc2c1C. The Labute approximate surface area is 162 Å². The number of likely N-dealkylation sites (tertiary alicyclic amines) is 1. The highest BCUT2D eigenvalue weighted by Crippen LogP contribution is 2.32. The molecule has 2 aromatic rings. The standard InChI is InChI=1S/C19H24N4O3S/c1-12-5-6-14-18(13(12)2)20-19(27-14)22(10-9-21(3)4)17(26)11-23-15(24)7-8-16(23)25/h5-6H,7-11H2,1-4H3. The molecule has 0 atom stereocenters. The van der Waals surface area contributed by atoms with Gasteiger partial charge < -0.3 is 4.90 Å². The summed E-state index contributed by atoms with van der Waals surface area (Å²) in [5, 5.41) is 0.602. The van der Waals surface area contributed by atoms with Gasteiger partial charge >= 0.3 is 0 Å². The van der Waals surface area contributed by atoms with Crippen molar-refractivity contribution in [2.45, 2.75) is 26.7 Å². The van der Waals surface area contributed by atoms with Crippen LogP contribution < -0.4 is 4.90 Å². The van der Waals surface area contributed by atoms with Crippen molar-refractivity contribution in [3.8, 4) is 0 Å². The van der Waals surface area contributed by atoms with E-state index < -0.39 is 0 Å². The number of aryl methyl sites for hydroxylation is 2. The van der Waals surface area contributed by atoms with Crippen molar-refractivity contribution in [3.05, 3.63) is 23.3 Å². The average molecular weight is 388 g/mol. The zero-order valence-corrected chi connectivity index (χ0v) is 16.9. The van der Waals surface area contributed by atoms with Crippen LogP contribution in [0.5, 0.6) is 0 Å². The Morgan fingerprint density at radius 3 is 2.44 bits per heavy atom. The maximum atomic E-state index is 13.0. The molecule has 0 N–H and O–H groups in total. The highest BCUT2D eigenvalue weighted by molar-refractivity contribution is 7.22. The maximum absolute atomic E-state index is 13.0. The Bertz CT molecular complexity index is 890. The van der Waals surface area contributed by atoms with Gasteiger partial charge in [0, 0.05) is 25.9 Å². The summed E-state index contributed by atoms with van der Waals surface area (Å²) in [6, 6.07) is 4.06. The second kappa shape index (κ2) is 7.74. The minimum atomic E-state index is -0.283. The molecule has 3 amide bonds. The fraction of sp³-hybridized carbons (Fsp3) is 0.474. The number of carbonyl (C=O) groups is 3. The summed E-state index contributed by atoms with van der Waals surface area (Å²) in [6.07, 6.45) is 0.368. The molecule has 3 rings (SSSR count). The topological polar surface area (TPSA) is 73.8 Å². The van der Waals surface area contributed by atoms with Crippen LogP contribution >= 0.6 is 11.3 Å². The van der Waals surface area contributed by atoms with Gasteiger partial charge in [0.25, 0.3) is 0 Å². The number of carbonyl (C=O) groups excluding carboxylic acids is 3. The van der Waals surface area contributed by atoms with Crippen LogP contribution in [0.1, 0.15) is 24.0 Å². The summed E-state index contributed by atoms with van der Waals surface area (Å²) in [4.78, 5) is 46.1. The van der Waals surface area contributed by atoms with Crippen molar-refractivity contribution in [1.82, 2.24) is 14.8 Å². The molecule has 0 radical (unpaired) electrons. The quantitative estimate of drug-likeness (QED) is 0.707. The fourth-order valence-corrected chi connectivity index (χ4v) is 4.05. The molecule has 0 bridgehead atoms. The molecular formula is C19H24N4O3S. The third-order valence-corrected chi connectivity index (χ3v) is 5.87. The Hall–Kier alpha value is -2.32. The van der Waals surface area contributed by atoms with E-state index in [2.05, 4.69) is 0 Å². The zero-order valence-electron chi connectivity index (χ0n) is 16.1. The van der Waals surface area contributed by atoms with Gasteiger partial charge in [-0.1, -0.05) is 17.4 Å². The van der Waals surface area contributed by atoms with Gasteiger partial charge in [0.15, 0.2) is 5.13 Å². The number of hydrogen-bond donors (Lipinski definition) is 0. The number of amides is 3. The smallest absolute Gasteiger partial charge is 0.248 e. The monoisotopic (exact) mass is 388 g/mol. The predicted molar refractivity (Wildman–Crippen MR) is 106 cm³/mol. The van der Waals surface area contributed by atoms with Gasteiger partial charge in [0.05, 0.1) is 10.2 Å². The first-order valence-corrected chi connectivity index (χ1v) is 9.74. The number of hydrogen-bond acceptors (Lipinski definition) is 6. The third kappa shape index (κ3) is 4.01. The summed E-state index contributed by atoms with van der Waals surface area (Å²) >= 11 is 1.45. The Kier molecular flexibility index (Phi) is 5.57. The van der Waals surface area contributed by atoms with Crippen molar-refractivity contribution >= 4 is 44.4 Å². The van der Waals surface area contributed by atoms with Crippen LogP contribution in [-0.2, 0) is 14.4 Å². The van der Waals surface area contributed by atoms with Crippen LogP contribution in [0.3, 0.4) is 0 Å². The van der Waals surface area contributed by atoms with Gasteiger partial charge in [0.2, 0.25) is 17.7 Å². The maximum Gasteiger partial charge on any atom is 0.248 e. The number of thiazole rings is 1. The van der Waals surface area contributed by atoms with Crippen LogP contribution in [-0.4, -0.2) is 66.2 Å². The summed E-state index contributed by atoms with van der Waals surface area (Å²) in [7, 11) is 3.87. The first-order valence-electron chi connectivity index (χ1n) is 8.93. The lowest BCUT2D eigenvalue weighted by molar-refractivity contribution is -0.141. The lowest BCUT2D eigenvalue weighted by atomic mass is 10.1. The van der Waals surface area contributed by atoms with E-state index in [1.54, 1.807) is 4.90 Å². The minimum absolute atomic E-state index is 0.184. The molecule has 2 heterocycles. The number of benzene rings is 1. The number of likely N-dealkylation sites (N-methyl/N-ethyl adjacent to an activating group) is 1. The molecule has 0 unspecified atom stereocenters. The van der Waals surface area contributed by atoms with Crippen LogP contribution in [0.4, 0.5) is 5.13 Å². The van der Waals surface area contributed by atoms with Crippen LogP contribution in [0.25, 0.3) is 10.2 Å². The summed E-state index contributed by atoms with van der Waals surface area (Å²) in [6.45, 7) is 4.93. The predicted octanol–water partition coefficient (Wildman–Crippen LogP) is 1.96. The largest absolute Gasteiger partial charge is 0.308 e. The van der Waals surface area contributed by atoms with E-state index in [1.807, 2.05) is 45.0 Å². The van der Waals surface area contributed by atoms with E-state index in [9.17, 15) is 14.4 Å². The van der Waals surface area contributed by atoms with Gasteiger partial charge in [-0.2, -0.15) is 0 Å². The lowest BCUT2D eigenvalue weighted by Gasteiger charge is -2.24. The third-order valence-electron chi connectivity index (χ3n) is 4.82. The molecule has 1 fully saturated rings. The Morgan fingerprint density at radius 2 is 1.81 bits per heavy atom.